The molecule has 0 amide bonds. The predicted molar refractivity (Wildman–Crippen MR) is 108 cm³/mol. The van der Waals surface area contributed by atoms with Gasteiger partial charge in [0.1, 0.15) is 0 Å². The molecule has 2 aromatic carbocycles. The molecule has 2 atom stereocenters. The summed E-state index contributed by atoms with van der Waals surface area (Å²) >= 11 is 0. The van der Waals surface area contributed by atoms with Crippen molar-refractivity contribution in [2.45, 2.75) is 32.1 Å². The number of likely N-dealkylation sites (tertiary alicyclic amines) is 1. The molecule has 4 rings (SSSR count). The maximum atomic E-state index is 12.0. The van der Waals surface area contributed by atoms with Crippen LogP contribution in [-0.2, 0) is 17.6 Å². The summed E-state index contributed by atoms with van der Waals surface area (Å²) in [6.45, 7) is 2.66. The van der Waals surface area contributed by atoms with Crippen molar-refractivity contribution in [2.75, 3.05) is 19.6 Å². The second kappa shape index (κ2) is 7.85. The summed E-state index contributed by atoms with van der Waals surface area (Å²) < 4.78 is 0. The first-order chi connectivity index (χ1) is 13.2. The lowest BCUT2D eigenvalue weighted by molar-refractivity contribution is -0.149. The molecule has 1 saturated carbocycles. The lowest BCUT2D eigenvalue weighted by atomic mass is 9.81. The van der Waals surface area contributed by atoms with Crippen LogP contribution in [0.4, 0.5) is 0 Å². The Morgan fingerprint density at radius 1 is 1.04 bits per heavy atom. The average molecular weight is 364 g/mol. The molecular weight excluding hydrogens is 334 g/mol. The van der Waals surface area contributed by atoms with Gasteiger partial charge in [-0.3, -0.25) is 4.79 Å². The average Bonchev–Trinajstić information content (AvgIpc) is 3.21. The van der Waals surface area contributed by atoms with Crippen molar-refractivity contribution in [1.82, 2.24) is 4.90 Å². The van der Waals surface area contributed by atoms with Crippen LogP contribution in [0.15, 0.2) is 60.7 Å². The molecule has 142 valence electrons. The van der Waals surface area contributed by atoms with Crippen LogP contribution in [0, 0.1) is 17.3 Å². The lowest BCUT2D eigenvalue weighted by Gasteiger charge is -2.26. The van der Waals surface area contributed by atoms with E-state index >= 15 is 0 Å². The topological polar surface area (TPSA) is 40.5 Å². The first-order valence-electron chi connectivity index (χ1n) is 10.2. The predicted octanol–water partition coefficient (Wildman–Crippen LogP) is 4.27. The first-order valence-corrected chi connectivity index (χ1v) is 10.2. The third-order valence-electron chi connectivity index (χ3n) is 6.62. The van der Waals surface area contributed by atoms with Crippen molar-refractivity contribution in [1.29, 1.82) is 0 Å². The summed E-state index contributed by atoms with van der Waals surface area (Å²) in [5.41, 5.74) is 2.25. The van der Waals surface area contributed by atoms with Gasteiger partial charge in [0.05, 0.1) is 5.41 Å². The zero-order valence-corrected chi connectivity index (χ0v) is 15.9. The van der Waals surface area contributed by atoms with Gasteiger partial charge in [0, 0.05) is 19.6 Å². The number of carboxylic acid groups (broad SMARTS) is 1. The number of hydrogen-bond acceptors (Lipinski definition) is 2. The maximum Gasteiger partial charge on any atom is 0.311 e. The van der Waals surface area contributed by atoms with Crippen LogP contribution in [-0.4, -0.2) is 35.6 Å². The van der Waals surface area contributed by atoms with E-state index in [0.717, 1.165) is 51.7 Å². The highest BCUT2D eigenvalue weighted by Gasteiger charge is 2.54. The second-order valence-electron chi connectivity index (χ2n) is 8.49. The lowest BCUT2D eigenvalue weighted by Crippen LogP contribution is -2.37. The minimum absolute atomic E-state index is 0.337. The molecule has 0 spiro atoms. The number of benzene rings is 2. The molecular formula is C24H29NO2. The quantitative estimate of drug-likeness (QED) is 0.798. The highest BCUT2D eigenvalue weighted by Crippen LogP contribution is 2.49. The summed E-state index contributed by atoms with van der Waals surface area (Å²) in [5.74, 6) is 0.263. The smallest absolute Gasteiger partial charge is 0.311 e. The van der Waals surface area contributed by atoms with Crippen molar-refractivity contribution in [2.24, 2.45) is 17.3 Å². The van der Waals surface area contributed by atoms with Crippen LogP contribution < -0.4 is 0 Å². The third-order valence-corrected chi connectivity index (χ3v) is 6.62. The van der Waals surface area contributed by atoms with Gasteiger partial charge >= 0.3 is 5.97 Å². The molecule has 0 bridgehead atoms. The van der Waals surface area contributed by atoms with E-state index in [1.54, 1.807) is 0 Å². The van der Waals surface area contributed by atoms with Gasteiger partial charge in [-0.1, -0.05) is 67.1 Å². The Morgan fingerprint density at radius 3 is 2.15 bits per heavy atom. The highest BCUT2D eigenvalue weighted by atomic mass is 16.4. The van der Waals surface area contributed by atoms with Crippen molar-refractivity contribution in [3.63, 3.8) is 0 Å². The zero-order valence-electron chi connectivity index (χ0n) is 15.9. The zero-order chi connectivity index (χ0) is 18.7. The van der Waals surface area contributed by atoms with E-state index < -0.39 is 11.4 Å². The van der Waals surface area contributed by atoms with E-state index in [-0.39, 0.29) is 0 Å². The number of aliphatic carboxylic acids is 1. The number of fused-ring (bicyclic) bond motifs is 1. The Balaban J connectivity index is 1.48. The molecule has 1 aliphatic carbocycles. The number of rotatable bonds is 7. The summed E-state index contributed by atoms with van der Waals surface area (Å²) in [7, 11) is 0. The standard InChI is InChI=1S/C24H29NO2/c26-23(27)24-13-7-12-22(24)17-25(18-24)16-21(14-19-8-3-1-4-9-19)15-20-10-5-2-6-11-20/h1-6,8-11,21-22H,7,12-18H2,(H,26,27)/t22-,24+/m0/s1. The van der Waals surface area contributed by atoms with Crippen molar-refractivity contribution in [3.8, 4) is 0 Å². The van der Waals surface area contributed by atoms with Gasteiger partial charge in [-0.15, -0.1) is 0 Å². The molecule has 1 aliphatic heterocycles. The fraction of sp³-hybridized carbons (Fsp3) is 0.458. The van der Waals surface area contributed by atoms with Gasteiger partial charge in [-0.2, -0.15) is 0 Å². The fourth-order valence-electron chi connectivity index (χ4n) is 5.34. The van der Waals surface area contributed by atoms with Gasteiger partial charge in [-0.05, 0) is 48.6 Å². The van der Waals surface area contributed by atoms with E-state index in [2.05, 4.69) is 65.6 Å². The van der Waals surface area contributed by atoms with Crippen molar-refractivity contribution >= 4 is 5.97 Å². The molecule has 3 nitrogen and oxygen atoms in total. The fourth-order valence-corrected chi connectivity index (χ4v) is 5.34. The Labute approximate surface area is 162 Å². The van der Waals surface area contributed by atoms with Crippen LogP contribution in [0.3, 0.4) is 0 Å². The highest BCUT2D eigenvalue weighted by molar-refractivity contribution is 5.76. The summed E-state index contributed by atoms with van der Waals surface area (Å²) in [5, 5.41) is 9.87. The third kappa shape index (κ3) is 3.93. The van der Waals surface area contributed by atoms with Gasteiger partial charge in [0.25, 0.3) is 0 Å². The van der Waals surface area contributed by atoms with E-state index in [4.69, 9.17) is 0 Å². The second-order valence-corrected chi connectivity index (χ2v) is 8.49. The molecule has 2 fully saturated rings. The van der Waals surface area contributed by atoms with Gasteiger partial charge in [0.15, 0.2) is 0 Å². The van der Waals surface area contributed by atoms with Crippen LogP contribution in [0.5, 0.6) is 0 Å². The van der Waals surface area contributed by atoms with Gasteiger partial charge in [-0.25, -0.2) is 0 Å². The van der Waals surface area contributed by atoms with E-state index in [1.807, 2.05) is 0 Å². The van der Waals surface area contributed by atoms with Gasteiger partial charge < -0.3 is 10.0 Å². The number of nitrogens with zero attached hydrogens (tertiary/aromatic N) is 1. The Bertz CT molecular complexity index is 719. The molecule has 0 aromatic heterocycles. The molecule has 2 aromatic rings. The first kappa shape index (κ1) is 18.2. The summed E-state index contributed by atoms with van der Waals surface area (Å²) in [6, 6.07) is 21.4. The van der Waals surface area contributed by atoms with Crippen molar-refractivity contribution < 1.29 is 9.90 Å². The number of carbonyl (C=O) groups is 1. The molecule has 1 N–H and O–H groups in total. The van der Waals surface area contributed by atoms with Crippen LogP contribution >= 0.6 is 0 Å². The molecule has 1 heterocycles. The number of carboxylic acids is 1. The largest absolute Gasteiger partial charge is 0.481 e. The monoisotopic (exact) mass is 363 g/mol. The minimum atomic E-state index is -0.574. The number of hydrogen-bond donors (Lipinski definition) is 1. The van der Waals surface area contributed by atoms with E-state index in [1.165, 1.54) is 11.1 Å². The van der Waals surface area contributed by atoms with Crippen molar-refractivity contribution in [3.05, 3.63) is 71.8 Å². The van der Waals surface area contributed by atoms with Gasteiger partial charge in [0.2, 0.25) is 0 Å². The van der Waals surface area contributed by atoms with E-state index in [9.17, 15) is 9.90 Å². The van der Waals surface area contributed by atoms with E-state index in [0.29, 0.717) is 11.8 Å². The molecule has 0 radical (unpaired) electrons. The SMILES string of the molecule is O=C(O)[C@@]12CCC[C@H]1CN(CC(Cc1ccccc1)Cc1ccccc1)C2. The molecule has 3 heteroatoms. The Kier molecular flexibility index (Phi) is 5.31. The Morgan fingerprint density at radius 2 is 1.63 bits per heavy atom. The molecule has 1 saturated heterocycles. The summed E-state index contributed by atoms with van der Waals surface area (Å²) in [6.07, 6.45) is 5.08. The molecule has 0 unspecified atom stereocenters. The molecule has 2 aliphatic rings. The molecule has 27 heavy (non-hydrogen) atoms. The van der Waals surface area contributed by atoms with Crippen LogP contribution in [0.2, 0.25) is 0 Å². The normalized spacial score (nSPS) is 25.0. The summed E-state index contributed by atoms with van der Waals surface area (Å²) in [4.78, 5) is 14.4. The van der Waals surface area contributed by atoms with Crippen LogP contribution in [0.1, 0.15) is 30.4 Å². The maximum absolute atomic E-state index is 12.0. The minimum Gasteiger partial charge on any atom is -0.481 e. The Hall–Kier alpha value is -2.13. The van der Waals surface area contributed by atoms with Crippen LogP contribution in [0.25, 0.3) is 0 Å².